The second kappa shape index (κ2) is 7.28. The number of rotatable bonds is 6. The van der Waals surface area contributed by atoms with E-state index in [1.807, 2.05) is 4.90 Å². The lowest BCUT2D eigenvalue weighted by atomic mass is 9.76. The van der Waals surface area contributed by atoms with Gasteiger partial charge >= 0.3 is 0 Å². The van der Waals surface area contributed by atoms with E-state index in [0.717, 1.165) is 32.2 Å². The summed E-state index contributed by atoms with van der Waals surface area (Å²) in [7, 11) is 0. The third-order valence-electron chi connectivity index (χ3n) is 4.35. The first-order chi connectivity index (χ1) is 8.90. The summed E-state index contributed by atoms with van der Waals surface area (Å²) in [5.74, 6) is 0.762. The van der Waals surface area contributed by atoms with E-state index < -0.39 is 5.54 Å². The third kappa shape index (κ3) is 4.48. The van der Waals surface area contributed by atoms with Crippen LogP contribution in [0.3, 0.4) is 0 Å². The van der Waals surface area contributed by atoms with Gasteiger partial charge < -0.3 is 10.6 Å². The topological polar surface area (TPSA) is 46.3 Å². The van der Waals surface area contributed by atoms with Crippen molar-refractivity contribution in [2.24, 2.45) is 11.7 Å². The molecule has 0 aromatic carbocycles. The molecule has 1 saturated carbocycles. The summed E-state index contributed by atoms with van der Waals surface area (Å²) in [5.41, 5.74) is 5.84. The molecule has 0 aliphatic heterocycles. The molecule has 3 nitrogen and oxygen atoms in total. The van der Waals surface area contributed by atoms with Gasteiger partial charge in [-0.2, -0.15) is 0 Å². The Bertz CT molecular complexity index is 290. The number of amides is 1. The number of unbranched alkanes of at least 4 members (excludes halogenated alkanes) is 2. The maximum Gasteiger partial charge on any atom is 0.242 e. The summed E-state index contributed by atoms with van der Waals surface area (Å²) in [4.78, 5) is 14.8. The highest BCUT2D eigenvalue weighted by atomic mass is 16.2. The zero-order valence-electron chi connectivity index (χ0n) is 13.2. The van der Waals surface area contributed by atoms with Crippen LogP contribution in [0.25, 0.3) is 0 Å². The normalized spacial score (nSPS) is 27.6. The quantitative estimate of drug-likeness (QED) is 0.751. The van der Waals surface area contributed by atoms with E-state index in [1.165, 1.54) is 19.3 Å². The van der Waals surface area contributed by atoms with Gasteiger partial charge in [-0.05, 0) is 39.0 Å². The Morgan fingerprint density at radius 1 is 1.42 bits per heavy atom. The zero-order chi connectivity index (χ0) is 14.5. The highest BCUT2D eigenvalue weighted by Crippen LogP contribution is 2.32. The lowest BCUT2D eigenvalue weighted by molar-refractivity contribution is -0.140. The molecule has 1 amide bonds. The Kier molecular flexibility index (Phi) is 6.31. The Morgan fingerprint density at radius 2 is 2.11 bits per heavy atom. The van der Waals surface area contributed by atoms with Crippen molar-refractivity contribution in [3.8, 4) is 0 Å². The smallest absolute Gasteiger partial charge is 0.242 e. The predicted octanol–water partition coefficient (Wildman–Crippen LogP) is 3.32. The average molecular weight is 268 g/mol. The molecule has 0 heterocycles. The second-order valence-corrected chi connectivity index (χ2v) is 6.66. The van der Waals surface area contributed by atoms with Gasteiger partial charge in [0.15, 0.2) is 0 Å². The van der Waals surface area contributed by atoms with E-state index in [2.05, 4.69) is 27.7 Å². The van der Waals surface area contributed by atoms with Crippen LogP contribution in [0.15, 0.2) is 0 Å². The molecule has 1 aliphatic rings. The fourth-order valence-electron chi connectivity index (χ4n) is 3.20. The van der Waals surface area contributed by atoms with E-state index in [0.29, 0.717) is 5.92 Å². The number of hydrogen-bond donors (Lipinski definition) is 1. The highest BCUT2D eigenvalue weighted by Gasteiger charge is 2.40. The van der Waals surface area contributed by atoms with Crippen LogP contribution in [-0.4, -0.2) is 28.9 Å². The first kappa shape index (κ1) is 16.5. The number of carbonyl (C=O) groups is 1. The van der Waals surface area contributed by atoms with E-state index in [1.54, 1.807) is 0 Å². The van der Waals surface area contributed by atoms with Crippen molar-refractivity contribution in [3.05, 3.63) is 0 Å². The molecule has 0 saturated heterocycles. The molecule has 1 aliphatic carbocycles. The molecule has 0 bridgehead atoms. The third-order valence-corrected chi connectivity index (χ3v) is 4.35. The molecule has 3 heteroatoms. The minimum atomic E-state index is -0.603. The molecule has 0 radical (unpaired) electrons. The number of nitrogens with zero attached hydrogens (tertiary/aromatic N) is 1. The molecule has 0 spiro atoms. The van der Waals surface area contributed by atoms with Crippen LogP contribution in [0.4, 0.5) is 0 Å². The van der Waals surface area contributed by atoms with Gasteiger partial charge in [0.05, 0.1) is 5.54 Å². The van der Waals surface area contributed by atoms with Gasteiger partial charge in [0.2, 0.25) is 5.91 Å². The summed E-state index contributed by atoms with van der Waals surface area (Å²) in [6.07, 6.45) is 7.46. The van der Waals surface area contributed by atoms with Crippen molar-refractivity contribution < 1.29 is 4.79 Å². The van der Waals surface area contributed by atoms with Crippen molar-refractivity contribution in [2.45, 2.75) is 84.2 Å². The molecular weight excluding hydrogens is 236 g/mol. The van der Waals surface area contributed by atoms with Crippen molar-refractivity contribution in [2.75, 3.05) is 6.54 Å². The maximum absolute atomic E-state index is 12.8. The molecule has 2 atom stereocenters. The van der Waals surface area contributed by atoms with Crippen molar-refractivity contribution in [3.63, 3.8) is 0 Å². The summed E-state index contributed by atoms with van der Waals surface area (Å²) in [6.45, 7) is 9.45. The Balaban J connectivity index is 2.69. The van der Waals surface area contributed by atoms with Crippen LogP contribution in [0.1, 0.15) is 72.6 Å². The molecular formula is C16H32N2O. The van der Waals surface area contributed by atoms with Gasteiger partial charge in [-0.15, -0.1) is 0 Å². The van der Waals surface area contributed by atoms with E-state index in [9.17, 15) is 4.79 Å². The molecule has 0 aromatic rings. The fourth-order valence-corrected chi connectivity index (χ4v) is 3.20. The molecule has 2 unspecified atom stereocenters. The van der Waals surface area contributed by atoms with Gasteiger partial charge in [-0.1, -0.05) is 39.5 Å². The van der Waals surface area contributed by atoms with Crippen LogP contribution in [0.2, 0.25) is 0 Å². The summed E-state index contributed by atoms with van der Waals surface area (Å²) < 4.78 is 0. The predicted molar refractivity (Wildman–Crippen MR) is 80.9 cm³/mol. The summed E-state index contributed by atoms with van der Waals surface area (Å²) >= 11 is 0. The minimum Gasteiger partial charge on any atom is -0.339 e. The minimum absolute atomic E-state index is 0.185. The maximum atomic E-state index is 12.8. The molecule has 1 fully saturated rings. The van der Waals surface area contributed by atoms with Crippen LogP contribution in [-0.2, 0) is 4.79 Å². The zero-order valence-corrected chi connectivity index (χ0v) is 13.2. The van der Waals surface area contributed by atoms with E-state index in [-0.39, 0.29) is 11.9 Å². The molecule has 2 N–H and O–H groups in total. The van der Waals surface area contributed by atoms with Gasteiger partial charge in [0, 0.05) is 12.6 Å². The van der Waals surface area contributed by atoms with Crippen LogP contribution in [0.5, 0.6) is 0 Å². The Labute approximate surface area is 118 Å². The summed E-state index contributed by atoms with van der Waals surface area (Å²) in [5, 5.41) is 0. The average Bonchev–Trinajstić information content (AvgIpc) is 2.33. The van der Waals surface area contributed by atoms with Gasteiger partial charge in [-0.3, -0.25) is 4.79 Å². The Morgan fingerprint density at radius 3 is 2.63 bits per heavy atom. The van der Waals surface area contributed by atoms with E-state index in [4.69, 9.17) is 5.73 Å². The lowest BCUT2D eigenvalue weighted by Crippen LogP contribution is -2.59. The van der Waals surface area contributed by atoms with Crippen molar-refractivity contribution in [1.29, 1.82) is 0 Å². The van der Waals surface area contributed by atoms with Gasteiger partial charge in [0.1, 0.15) is 0 Å². The van der Waals surface area contributed by atoms with E-state index >= 15 is 0 Å². The lowest BCUT2D eigenvalue weighted by Gasteiger charge is -2.40. The first-order valence-electron chi connectivity index (χ1n) is 8.00. The molecule has 112 valence electrons. The van der Waals surface area contributed by atoms with Crippen LogP contribution in [0, 0.1) is 5.92 Å². The summed E-state index contributed by atoms with van der Waals surface area (Å²) in [6, 6.07) is 0.252. The van der Waals surface area contributed by atoms with Crippen molar-refractivity contribution >= 4 is 5.91 Å². The Hall–Kier alpha value is -0.570. The second-order valence-electron chi connectivity index (χ2n) is 6.66. The first-order valence-corrected chi connectivity index (χ1v) is 8.00. The molecule has 1 rings (SSSR count). The number of nitrogens with two attached hydrogens (primary N) is 1. The molecule has 19 heavy (non-hydrogen) atoms. The van der Waals surface area contributed by atoms with Crippen LogP contribution < -0.4 is 5.73 Å². The van der Waals surface area contributed by atoms with Gasteiger partial charge in [0.25, 0.3) is 0 Å². The SMILES string of the molecule is CCCCCN(C(=O)C1(N)CCCC(C)C1)C(C)C. The standard InChI is InChI=1S/C16H32N2O/c1-5-6-7-11-18(13(2)3)15(19)16(17)10-8-9-14(4)12-16/h13-14H,5-12,17H2,1-4H3. The largest absolute Gasteiger partial charge is 0.339 e. The monoisotopic (exact) mass is 268 g/mol. The van der Waals surface area contributed by atoms with Crippen molar-refractivity contribution in [1.82, 2.24) is 4.90 Å². The number of carbonyl (C=O) groups excluding carboxylic acids is 1. The molecule has 0 aromatic heterocycles. The fraction of sp³-hybridized carbons (Fsp3) is 0.938. The van der Waals surface area contributed by atoms with Crippen LogP contribution >= 0.6 is 0 Å². The van der Waals surface area contributed by atoms with Gasteiger partial charge in [-0.25, -0.2) is 0 Å². The highest BCUT2D eigenvalue weighted by molar-refractivity contribution is 5.86. The number of hydrogen-bond acceptors (Lipinski definition) is 2.